The van der Waals surface area contributed by atoms with E-state index in [0.717, 1.165) is 12.8 Å². The molecule has 118 valence electrons. The summed E-state index contributed by atoms with van der Waals surface area (Å²) < 4.78 is 5.15. The molecule has 1 rings (SSSR count). The van der Waals surface area contributed by atoms with E-state index in [-0.39, 0.29) is 17.9 Å². The second kappa shape index (κ2) is 8.56. The van der Waals surface area contributed by atoms with Crippen LogP contribution in [0.1, 0.15) is 55.8 Å². The lowest BCUT2D eigenvalue weighted by Crippen LogP contribution is -2.38. The van der Waals surface area contributed by atoms with E-state index in [2.05, 4.69) is 27.5 Å². The summed E-state index contributed by atoms with van der Waals surface area (Å²) in [6.07, 6.45) is 3.51. The Morgan fingerprint density at radius 1 is 1.43 bits per heavy atom. The van der Waals surface area contributed by atoms with Crippen molar-refractivity contribution in [1.82, 2.24) is 15.3 Å². The van der Waals surface area contributed by atoms with Gasteiger partial charge in [-0.15, -0.1) is 0 Å². The summed E-state index contributed by atoms with van der Waals surface area (Å²) in [7, 11) is 3.39. The fourth-order valence-corrected chi connectivity index (χ4v) is 2.03. The van der Waals surface area contributed by atoms with Crippen LogP contribution >= 0.6 is 0 Å². The summed E-state index contributed by atoms with van der Waals surface area (Å²) in [5.74, 6) is 0.643. The molecule has 1 heterocycles. The molecule has 0 aliphatic rings. The van der Waals surface area contributed by atoms with Gasteiger partial charge in [-0.1, -0.05) is 27.2 Å². The predicted molar refractivity (Wildman–Crippen MR) is 83.7 cm³/mol. The molecular formula is C15H26N4O2. The fourth-order valence-electron chi connectivity index (χ4n) is 2.03. The van der Waals surface area contributed by atoms with Gasteiger partial charge in [0.25, 0.3) is 5.91 Å². The number of hydrogen-bond donors (Lipinski definition) is 2. The van der Waals surface area contributed by atoms with E-state index in [9.17, 15) is 4.79 Å². The molecule has 0 aromatic carbocycles. The molecule has 0 saturated heterocycles. The number of nitrogens with one attached hydrogen (secondary N) is 2. The van der Waals surface area contributed by atoms with Gasteiger partial charge in [0.05, 0.1) is 24.5 Å². The van der Waals surface area contributed by atoms with Gasteiger partial charge in [-0.2, -0.15) is 0 Å². The largest absolute Gasteiger partial charge is 0.385 e. The molecule has 2 N–H and O–H groups in total. The number of hydrogen-bond acceptors (Lipinski definition) is 5. The van der Waals surface area contributed by atoms with Crippen molar-refractivity contribution in [3.05, 3.63) is 17.7 Å². The van der Waals surface area contributed by atoms with Crippen LogP contribution in [0.15, 0.2) is 6.20 Å². The number of aromatic nitrogens is 2. The van der Waals surface area contributed by atoms with Gasteiger partial charge in [0.15, 0.2) is 5.69 Å². The molecule has 0 aliphatic carbocycles. The van der Waals surface area contributed by atoms with Crippen molar-refractivity contribution in [2.75, 3.05) is 26.1 Å². The SMILES string of the molecule is CCCC(COC)NC(=O)c1nc(C(C)C)ncc1NC. The molecular weight excluding hydrogens is 268 g/mol. The van der Waals surface area contributed by atoms with Crippen molar-refractivity contribution in [2.45, 2.75) is 45.6 Å². The first kappa shape index (κ1) is 17.4. The second-order valence-electron chi connectivity index (χ2n) is 5.31. The zero-order valence-corrected chi connectivity index (χ0v) is 13.6. The predicted octanol–water partition coefficient (Wildman–Crippen LogP) is 2.19. The van der Waals surface area contributed by atoms with Crippen molar-refractivity contribution in [1.29, 1.82) is 0 Å². The molecule has 1 aromatic heterocycles. The number of carbonyl (C=O) groups is 1. The van der Waals surface area contributed by atoms with Crippen molar-refractivity contribution in [3.63, 3.8) is 0 Å². The number of amides is 1. The maximum Gasteiger partial charge on any atom is 0.272 e. The first-order valence-corrected chi connectivity index (χ1v) is 7.37. The number of ether oxygens (including phenoxy) is 1. The molecule has 1 atom stereocenters. The molecule has 0 saturated carbocycles. The van der Waals surface area contributed by atoms with E-state index in [1.807, 2.05) is 13.8 Å². The maximum absolute atomic E-state index is 12.5. The van der Waals surface area contributed by atoms with E-state index in [1.54, 1.807) is 20.4 Å². The van der Waals surface area contributed by atoms with Crippen LogP contribution in [0.2, 0.25) is 0 Å². The lowest BCUT2D eigenvalue weighted by atomic mass is 10.1. The number of rotatable bonds is 8. The number of carbonyl (C=O) groups excluding carboxylic acids is 1. The van der Waals surface area contributed by atoms with Crippen molar-refractivity contribution in [3.8, 4) is 0 Å². The Morgan fingerprint density at radius 3 is 2.67 bits per heavy atom. The summed E-state index contributed by atoms with van der Waals surface area (Å²) >= 11 is 0. The molecule has 1 amide bonds. The Balaban J connectivity index is 2.95. The Bertz CT molecular complexity index is 457. The molecule has 6 nitrogen and oxygen atoms in total. The van der Waals surface area contributed by atoms with Crippen LogP contribution in [0.3, 0.4) is 0 Å². The van der Waals surface area contributed by atoms with Crippen molar-refractivity contribution in [2.24, 2.45) is 0 Å². The molecule has 6 heteroatoms. The van der Waals surface area contributed by atoms with Gasteiger partial charge >= 0.3 is 0 Å². The number of methoxy groups -OCH3 is 1. The van der Waals surface area contributed by atoms with Gasteiger partial charge in [0.2, 0.25) is 0 Å². The molecule has 0 radical (unpaired) electrons. The van der Waals surface area contributed by atoms with Crippen LogP contribution in [-0.4, -0.2) is 42.7 Å². The summed E-state index contributed by atoms with van der Waals surface area (Å²) in [6, 6.07) is -0.00493. The molecule has 1 aromatic rings. The maximum atomic E-state index is 12.5. The van der Waals surface area contributed by atoms with E-state index in [0.29, 0.717) is 23.8 Å². The smallest absolute Gasteiger partial charge is 0.272 e. The monoisotopic (exact) mass is 294 g/mol. The lowest BCUT2D eigenvalue weighted by Gasteiger charge is -2.18. The van der Waals surface area contributed by atoms with E-state index in [1.165, 1.54) is 0 Å². The van der Waals surface area contributed by atoms with Gasteiger partial charge in [-0.3, -0.25) is 4.79 Å². The lowest BCUT2D eigenvalue weighted by molar-refractivity contribution is 0.0887. The quantitative estimate of drug-likeness (QED) is 0.768. The number of nitrogens with zero attached hydrogens (tertiary/aromatic N) is 2. The van der Waals surface area contributed by atoms with Crippen molar-refractivity contribution >= 4 is 11.6 Å². The Hall–Kier alpha value is -1.69. The third-order valence-corrected chi connectivity index (χ3v) is 3.15. The standard InChI is InChI=1S/C15H26N4O2/c1-6-7-11(9-21-5)18-15(20)13-12(16-4)8-17-14(19-13)10(2)3/h8,10-11,16H,6-7,9H2,1-5H3,(H,18,20). The molecule has 0 bridgehead atoms. The Labute approximate surface area is 126 Å². The van der Waals surface area contributed by atoms with Gasteiger partial charge in [0.1, 0.15) is 5.82 Å². The first-order chi connectivity index (χ1) is 10.0. The van der Waals surface area contributed by atoms with Gasteiger partial charge < -0.3 is 15.4 Å². The third kappa shape index (κ3) is 4.97. The molecule has 0 spiro atoms. The van der Waals surface area contributed by atoms with Crippen molar-refractivity contribution < 1.29 is 9.53 Å². The summed E-state index contributed by atoms with van der Waals surface area (Å²) in [5, 5.41) is 5.94. The molecule has 1 unspecified atom stereocenters. The average molecular weight is 294 g/mol. The number of anilines is 1. The summed E-state index contributed by atoms with van der Waals surface area (Å²) in [6.45, 7) is 6.58. The van der Waals surface area contributed by atoms with E-state index < -0.39 is 0 Å². The zero-order chi connectivity index (χ0) is 15.8. The van der Waals surface area contributed by atoms with E-state index in [4.69, 9.17) is 4.74 Å². The van der Waals surface area contributed by atoms with E-state index >= 15 is 0 Å². The highest BCUT2D eigenvalue weighted by Gasteiger charge is 2.19. The minimum absolute atomic E-state index is 0.00493. The minimum Gasteiger partial charge on any atom is -0.385 e. The highest BCUT2D eigenvalue weighted by atomic mass is 16.5. The van der Waals surface area contributed by atoms with Gasteiger partial charge in [-0.25, -0.2) is 9.97 Å². The fraction of sp³-hybridized carbons (Fsp3) is 0.667. The summed E-state index contributed by atoms with van der Waals surface area (Å²) in [4.78, 5) is 21.1. The van der Waals surface area contributed by atoms with Crippen LogP contribution in [0.25, 0.3) is 0 Å². The highest BCUT2D eigenvalue weighted by Crippen LogP contribution is 2.16. The Kier molecular flexibility index (Phi) is 7.08. The molecule has 0 aliphatic heterocycles. The third-order valence-electron chi connectivity index (χ3n) is 3.15. The summed E-state index contributed by atoms with van der Waals surface area (Å²) in [5.41, 5.74) is 1.01. The van der Waals surface area contributed by atoms with Crippen LogP contribution in [0.4, 0.5) is 5.69 Å². The topological polar surface area (TPSA) is 76.1 Å². The molecule has 0 fully saturated rings. The van der Waals surface area contributed by atoms with Gasteiger partial charge in [0, 0.05) is 20.1 Å². The Morgan fingerprint density at radius 2 is 2.14 bits per heavy atom. The molecule has 21 heavy (non-hydrogen) atoms. The van der Waals surface area contributed by atoms with Crippen LogP contribution in [-0.2, 0) is 4.74 Å². The zero-order valence-electron chi connectivity index (χ0n) is 13.6. The normalized spacial score (nSPS) is 12.3. The van der Waals surface area contributed by atoms with Gasteiger partial charge in [-0.05, 0) is 6.42 Å². The van der Waals surface area contributed by atoms with Crippen LogP contribution < -0.4 is 10.6 Å². The average Bonchev–Trinajstić information content (AvgIpc) is 2.46. The van der Waals surface area contributed by atoms with Crippen LogP contribution in [0.5, 0.6) is 0 Å². The minimum atomic E-state index is -0.195. The highest BCUT2D eigenvalue weighted by molar-refractivity contribution is 5.97. The van der Waals surface area contributed by atoms with Crippen LogP contribution in [0, 0.1) is 0 Å². The second-order valence-corrected chi connectivity index (χ2v) is 5.31. The first-order valence-electron chi connectivity index (χ1n) is 7.37.